The van der Waals surface area contributed by atoms with Gasteiger partial charge in [0.25, 0.3) is 0 Å². The van der Waals surface area contributed by atoms with E-state index < -0.39 is 0 Å². The van der Waals surface area contributed by atoms with Crippen LogP contribution in [0.25, 0.3) is 0 Å². The first-order valence-electron chi connectivity index (χ1n) is 17.0. The van der Waals surface area contributed by atoms with E-state index in [1.165, 1.54) is 12.4 Å². The van der Waals surface area contributed by atoms with Gasteiger partial charge in [0.1, 0.15) is 23.0 Å². The van der Waals surface area contributed by atoms with Gasteiger partial charge in [-0.3, -0.25) is 9.59 Å². The molecule has 308 valence electrons. The number of methoxy groups -OCH3 is 2. The molecule has 0 saturated carbocycles. The van der Waals surface area contributed by atoms with E-state index in [-0.39, 0.29) is 59.7 Å². The first-order chi connectivity index (χ1) is 26.0. The minimum Gasteiger partial charge on any atom is -0.495 e. The van der Waals surface area contributed by atoms with Crippen LogP contribution >= 0.6 is 34.8 Å². The molecule has 4 rings (SSSR count). The standard InChI is InChI=1S/C18H24ClN5O3.C14H19N5O2.C4H6Cl2O.CH4/c1-10(2)11-7-14(26-3)12(23-16(25)5-4-6-19)8-13(11)27-15-9-22-18(21)24-17(15)20;1-7(2)8-4-11(20-3)9(15)5-10(8)21-12-6-18-14(17)19-13(12)16;5-3-1-2-4(6)7;/h7-10H,4-6H2,1-3H3,(H,23,25)(H4,20,21,22,24);4-7H,15H2,1-3H3,(H4,16,17,18,19);1-3H2;1H4. The number of hydrogen-bond acceptors (Lipinski definition) is 15. The lowest BCUT2D eigenvalue weighted by Gasteiger charge is -2.19. The highest BCUT2D eigenvalue weighted by atomic mass is 35.5. The number of amides is 1. The Bertz CT molecular complexity index is 1890. The zero-order chi connectivity index (χ0) is 41.2. The number of ether oxygens (including phenoxy) is 4. The van der Waals surface area contributed by atoms with Crippen molar-refractivity contribution in [2.24, 2.45) is 0 Å². The fourth-order valence-corrected chi connectivity index (χ4v) is 4.93. The minimum absolute atomic E-state index is 0. The molecule has 0 atom stereocenters. The third-order valence-corrected chi connectivity index (χ3v) is 8.02. The molecule has 0 spiro atoms. The summed E-state index contributed by atoms with van der Waals surface area (Å²) in [4.78, 5) is 37.5. The highest BCUT2D eigenvalue weighted by Crippen LogP contribution is 2.40. The van der Waals surface area contributed by atoms with Gasteiger partial charge in [0.2, 0.25) is 23.0 Å². The molecule has 56 heavy (non-hydrogen) atoms. The van der Waals surface area contributed by atoms with Gasteiger partial charge >= 0.3 is 0 Å². The number of aromatic nitrogens is 4. The molecule has 11 N–H and O–H groups in total. The van der Waals surface area contributed by atoms with Crippen molar-refractivity contribution in [1.82, 2.24) is 19.9 Å². The van der Waals surface area contributed by atoms with E-state index in [0.29, 0.717) is 77.6 Å². The van der Waals surface area contributed by atoms with Crippen LogP contribution < -0.4 is 52.9 Å². The molecule has 2 aromatic heterocycles. The van der Waals surface area contributed by atoms with Gasteiger partial charge in [0, 0.05) is 47.9 Å². The lowest BCUT2D eigenvalue weighted by Crippen LogP contribution is -2.13. The van der Waals surface area contributed by atoms with E-state index in [9.17, 15) is 9.59 Å². The molecule has 4 aromatic rings. The van der Waals surface area contributed by atoms with Gasteiger partial charge in [-0.1, -0.05) is 35.1 Å². The van der Waals surface area contributed by atoms with Crippen LogP contribution in [0.5, 0.6) is 34.5 Å². The Kier molecular flexibility index (Phi) is 21.2. The Labute approximate surface area is 343 Å². The van der Waals surface area contributed by atoms with Crippen LogP contribution in [-0.4, -0.2) is 57.1 Å². The Hall–Kier alpha value is -5.19. The van der Waals surface area contributed by atoms with E-state index in [0.717, 1.165) is 11.1 Å². The molecule has 0 unspecified atom stereocenters. The topological polar surface area (TPSA) is 265 Å². The first kappa shape index (κ1) is 48.8. The van der Waals surface area contributed by atoms with E-state index in [2.05, 4.69) is 25.3 Å². The number of nitrogens with two attached hydrogens (primary N) is 5. The number of alkyl halides is 2. The quantitative estimate of drug-likeness (QED) is 0.0375. The van der Waals surface area contributed by atoms with E-state index in [4.69, 9.17) is 82.4 Å². The smallest absolute Gasteiger partial charge is 0.224 e. The summed E-state index contributed by atoms with van der Waals surface area (Å²) in [5.74, 6) is 4.41. The number of carbonyl (C=O) groups excluding carboxylic acids is 2. The average Bonchev–Trinajstić information content (AvgIpc) is 3.12. The number of carbonyl (C=O) groups is 2. The molecule has 0 aliphatic carbocycles. The lowest BCUT2D eigenvalue weighted by molar-refractivity contribution is -0.116. The van der Waals surface area contributed by atoms with E-state index in [1.807, 2.05) is 39.8 Å². The van der Waals surface area contributed by atoms with Crippen LogP contribution in [0.1, 0.15) is 83.8 Å². The van der Waals surface area contributed by atoms with Crippen molar-refractivity contribution in [3.63, 3.8) is 0 Å². The molecule has 19 heteroatoms. The maximum absolute atomic E-state index is 12.1. The first-order valence-corrected chi connectivity index (χ1v) is 18.4. The average molecular weight is 840 g/mol. The third-order valence-electron chi connectivity index (χ3n) is 7.30. The van der Waals surface area contributed by atoms with E-state index >= 15 is 0 Å². The fraction of sp³-hybridized carbons (Fsp3) is 0.405. The second-order valence-electron chi connectivity index (χ2n) is 12.2. The van der Waals surface area contributed by atoms with Gasteiger partial charge in [-0.05, 0) is 48.4 Å². The molecular weight excluding hydrogens is 787 g/mol. The number of anilines is 6. The zero-order valence-corrected chi connectivity index (χ0v) is 33.9. The van der Waals surface area contributed by atoms with Crippen molar-refractivity contribution in [1.29, 1.82) is 0 Å². The molecule has 0 radical (unpaired) electrons. The second-order valence-corrected chi connectivity index (χ2v) is 13.4. The molecular formula is C37H53Cl3N10O6. The number of halogens is 3. The number of nitrogens with one attached hydrogen (secondary N) is 1. The Morgan fingerprint density at radius 1 is 0.679 bits per heavy atom. The molecule has 2 aromatic carbocycles. The molecule has 0 bridgehead atoms. The Balaban J connectivity index is 0.000000481. The van der Waals surface area contributed by atoms with Gasteiger partial charge in [-0.25, -0.2) is 9.97 Å². The predicted molar refractivity (Wildman–Crippen MR) is 227 cm³/mol. The molecule has 2 heterocycles. The molecule has 1 amide bonds. The van der Waals surface area contributed by atoms with Crippen LogP contribution in [0.15, 0.2) is 36.7 Å². The van der Waals surface area contributed by atoms with E-state index in [1.54, 1.807) is 26.4 Å². The number of nitrogen functional groups attached to an aromatic ring is 5. The maximum atomic E-state index is 12.1. The normalized spacial score (nSPS) is 10.3. The number of nitrogens with zero attached hydrogens (tertiary/aromatic N) is 4. The number of benzene rings is 2. The van der Waals surface area contributed by atoms with Crippen molar-refractivity contribution in [2.75, 3.05) is 60.0 Å². The van der Waals surface area contributed by atoms with Gasteiger partial charge < -0.3 is 52.9 Å². The van der Waals surface area contributed by atoms with Crippen molar-refractivity contribution in [3.8, 4) is 34.5 Å². The van der Waals surface area contributed by atoms with Crippen molar-refractivity contribution in [3.05, 3.63) is 47.8 Å². The van der Waals surface area contributed by atoms with Crippen molar-refractivity contribution < 1.29 is 28.5 Å². The SMILES string of the molecule is C.COc1cc(C(C)C)c(Oc2cnc(N)nc2N)cc1N.COc1cc(C(C)C)c(Oc2cnc(N)nc2N)cc1NC(=O)CCCCl.O=C(Cl)CCCCl. The summed E-state index contributed by atoms with van der Waals surface area (Å²) in [6.45, 7) is 8.12. The summed E-state index contributed by atoms with van der Waals surface area (Å²) in [6, 6.07) is 7.07. The summed E-state index contributed by atoms with van der Waals surface area (Å²) < 4.78 is 22.4. The summed E-state index contributed by atoms with van der Waals surface area (Å²) >= 11 is 15.8. The molecule has 0 aliphatic rings. The highest BCUT2D eigenvalue weighted by Gasteiger charge is 2.19. The van der Waals surface area contributed by atoms with Gasteiger partial charge in [0.05, 0.1) is 38.0 Å². The van der Waals surface area contributed by atoms with Crippen LogP contribution in [-0.2, 0) is 9.59 Å². The predicted octanol–water partition coefficient (Wildman–Crippen LogP) is 8.08. The lowest BCUT2D eigenvalue weighted by atomic mass is 10.0. The third kappa shape index (κ3) is 15.5. The fourth-order valence-electron chi connectivity index (χ4n) is 4.53. The summed E-state index contributed by atoms with van der Waals surface area (Å²) in [7, 11) is 3.11. The second kappa shape index (κ2) is 24.3. The van der Waals surface area contributed by atoms with Crippen LogP contribution in [0.3, 0.4) is 0 Å². The Morgan fingerprint density at radius 2 is 1.12 bits per heavy atom. The van der Waals surface area contributed by atoms with Crippen LogP contribution in [0.2, 0.25) is 0 Å². The minimum atomic E-state index is -0.305. The van der Waals surface area contributed by atoms with Gasteiger partial charge in [-0.2, -0.15) is 9.97 Å². The van der Waals surface area contributed by atoms with Crippen molar-refractivity contribution in [2.45, 2.75) is 72.6 Å². The highest BCUT2D eigenvalue weighted by molar-refractivity contribution is 6.63. The van der Waals surface area contributed by atoms with Crippen molar-refractivity contribution >= 4 is 80.9 Å². The van der Waals surface area contributed by atoms with Crippen LogP contribution in [0, 0.1) is 0 Å². The molecule has 0 fully saturated rings. The summed E-state index contributed by atoms with van der Waals surface area (Å²) in [6.07, 6.45) is 4.82. The molecule has 16 nitrogen and oxygen atoms in total. The van der Waals surface area contributed by atoms with Crippen LogP contribution in [0.4, 0.5) is 34.9 Å². The largest absolute Gasteiger partial charge is 0.495 e. The number of rotatable bonds is 15. The number of hydrogen-bond donors (Lipinski definition) is 6. The monoisotopic (exact) mass is 838 g/mol. The Morgan fingerprint density at radius 3 is 1.52 bits per heavy atom. The zero-order valence-electron chi connectivity index (χ0n) is 31.6. The summed E-state index contributed by atoms with van der Waals surface area (Å²) in [5, 5.41) is 2.52. The maximum Gasteiger partial charge on any atom is 0.224 e. The van der Waals surface area contributed by atoms with Gasteiger partial charge in [0.15, 0.2) is 23.1 Å². The molecule has 0 saturated heterocycles. The molecule has 0 aliphatic heterocycles. The van der Waals surface area contributed by atoms with Gasteiger partial charge in [-0.15, -0.1) is 23.2 Å². The summed E-state index contributed by atoms with van der Waals surface area (Å²) in [5.41, 5.74) is 31.3.